The van der Waals surface area contributed by atoms with Crippen LogP contribution in [0.5, 0.6) is 5.75 Å². The Balaban J connectivity index is 3.10. The molecule has 20 heavy (non-hydrogen) atoms. The summed E-state index contributed by atoms with van der Waals surface area (Å²) in [4.78, 5) is 22.3. The van der Waals surface area contributed by atoms with Crippen LogP contribution in [-0.2, 0) is 23.1 Å². The molecule has 4 nitrogen and oxygen atoms in total. The number of benzene rings is 1. The second-order valence-electron chi connectivity index (χ2n) is 4.24. The molecule has 0 aromatic heterocycles. The molecule has 1 aromatic carbocycles. The molecule has 0 radical (unpaired) electrons. The summed E-state index contributed by atoms with van der Waals surface area (Å²) in [5.74, 6) is -0.583. The third-order valence-corrected chi connectivity index (χ3v) is 3.97. The fourth-order valence-corrected chi connectivity index (χ4v) is 3.15. The van der Waals surface area contributed by atoms with Crippen LogP contribution in [0.25, 0.3) is 0 Å². The Bertz CT molecular complexity index is 555. The Kier molecular flexibility index (Phi) is 6.80. The quantitative estimate of drug-likeness (QED) is 0.605. The summed E-state index contributed by atoms with van der Waals surface area (Å²) in [6.45, 7) is 5.02. The van der Waals surface area contributed by atoms with Crippen molar-refractivity contribution >= 4 is 41.4 Å². The number of anilines is 1. The van der Waals surface area contributed by atoms with Crippen LogP contribution in [0.3, 0.4) is 0 Å². The van der Waals surface area contributed by atoms with Gasteiger partial charge in [0.1, 0.15) is 0 Å². The average Bonchev–Trinajstić information content (AvgIpc) is 2.31. The molecule has 0 aliphatic heterocycles. The maximum absolute atomic E-state index is 11.4. The Hall–Kier alpha value is -0.767. The van der Waals surface area contributed by atoms with Crippen LogP contribution >= 0.6 is 19.4 Å². The molecule has 112 valence electrons. The van der Waals surface area contributed by atoms with Gasteiger partial charge in [0.05, 0.1) is 0 Å². The van der Waals surface area contributed by atoms with Crippen LogP contribution in [0.2, 0.25) is 0 Å². The SMILES string of the molecule is CC(=O)C(=O)Nc1ccc(OC(C)C)c([CH]=[Ru]([Cl])[Cl])c1. The summed E-state index contributed by atoms with van der Waals surface area (Å²) in [7, 11) is 11.8. The summed E-state index contributed by atoms with van der Waals surface area (Å²) in [6, 6.07) is 5.06. The van der Waals surface area contributed by atoms with E-state index in [1.807, 2.05) is 13.8 Å². The second-order valence-corrected chi connectivity index (χ2v) is 9.96. The Morgan fingerprint density at radius 1 is 1.35 bits per heavy atom. The van der Waals surface area contributed by atoms with E-state index in [0.29, 0.717) is 17.0 Å². The predicted octanol–water partition coefficient (Wildman–Crippen LogP) is 3.08. The van der Waals surface area contributed by atoms with Gasteiger partial charge < -0.3 is 0 Å². The molecule has 0 spiro atoms. The predicted molar refractivity (Wildman–Crippen MR) is 78.4 cm³/mol. The molecule has 0 bridgehead atoms. The first-order valence-electron chi connectivity index (χ1n) is 5.75. The molecular formula is C13H15Cl2NO3Ru. The number of carbonyl (C=O) groups excluding carboxylic acids is 2. The van der Waals surface area contributed by atoms with E-state index < -0.39 is 25.2 Å². The Morgan fingerprint density at radius 3 is 2.50 bits per heavy atom. The zero-order valence-corrected chi connectivity index (χ0v) is 14.5. The van der Waals surface area contributed by atoms with Crippen molar-refractivity contribution in [3.8, 4) is 5.75 Å². The number of rotatable bonds is 5. The molecule has 1 N–H and O–H groups in total. The zero-order valence-electron chi connectivity index (χ0n) is 11.2. The van der Waals surface area contributed by atoms with Gasteiger partial charge in [-0.05, 0) is 0 Å². The zero-order chi connectivity index (χ0) is 15.3. The van der Waals surface area contributed by atoms with Gasteiger partial charge >= 0.3 is 131 Å². The number of Topliss-reactive ketones (excluding diaryl/α,β-unsaturated/α-hetero) is 1. The average molecular weight is 405 g/mol. The van der Waals surface area contributed by atoms with E-state index >= 15 is 0 Å². The Morgan fingerprint density at radius 2 is 2.00 bits per heavy atom. The van der Waals surface area contributed by atoms with Crippen LogP contribution in [0.4, 0.5) is 5.69 Å². The van der Waals surface area contributed by atoms with E-state index in [4.69, 9.17) is 24.1 Å². The molecule has 7 heteroatoms. The molecule has 0 saturated carbocycles. The maximum atomic E-state index is 11.4. The van der Waals surface area contributed by atoms with Crippen molar-refractivity contribution in [2.24, 2.45) is 0 Å². The van der Waals surface area contributed by atoms with Gasteiger partial charge in [0.15, 0.2) is 0 Å². The first-order valence-corrected chi connectivity index (χ1v) is 11.2. The van der Waals surface area contributed by atoms with Crippen molar-refractivity contribution < 1.29 is 27.8 Å². The van der Waals surface area contributed by atoms with Crippen LogP contribution in [0, 0.1) is 0 Å². The number of ether oxygens (including phenoxy) is 1. The van der Waals surface area contributed by atoms with Crippen molar-refractivity contribution in [2.45, 2.75) is 26.9 Å². The van der Waals surface area contributed by atoms with Crippen LogP contribution in [0.15, 0.2) is 18.2 Å². The third kappa shape index (κ3) is 5.70. The van der Waals surface area contributed by atoms with E-state index in [2.05, 4.69) is 5.32 Å². The molecule has 1 amide bonds. The summed E-state index contributed by atoms with van der Waals surface area (Å²) in [6.07, 6.45) is 0.00566. The monoisotopic (exact) mass is 405 g/mol. The number of hydrogen-bond donors (Lipinski definition) is 1. The standard InChI is InChI=1S/C13H15NO3.2ClH.Ru/c1-8(2)17-12-6-5-11(7-9(12)3)14-13(16)10(4)15;;;/h3,5-8H,1-2,4H3,(H,14,16);2*1H;/q;;;+2/p-2. The van der Waals surface area contributed by atoms with Gasteiger partial charge in [0.25, 0.3) is 0 Å². The van der Waals surface area contributed by atoms with E-state index in [9.17, 15) is 9.59 Å². The summed E-state index contributed by atoms with van der Waals surface area (Å²) in [5.41, 5.74) is 1.21. The van der Waals surface area contributed by atoms with E-state index in [-0.39, 0.29) is 6.10 Å². The van der Waals surface area contributed by atoms with Gasteiger partial charge in [-0.2, -0.15) is 0 Å². The number of carbonyl (C=O) groups is 2. The molecule has 0 saturated heterocycles. The molecule has 0 unspecified atom stereocenters. The van der Waals surface area contributed by atoms with E-state index in [1.54, 1.807) is 22.8 Å². The second kappa shape index (κ2) is 7.87. The number of hydrogen-bond acceptors (Lipinski definition) is 3. The minimum atomic E-state index is -2.03. The van der Waals surface area contributed by atoms with Gasteiger partial charge in [-0.1, -0.05) is 0 Å². The van der Waals surface area contributed by atoms with Crippen LogP contribution in [-0.4, -0.2) is 22.4 Å². The summed E-state index contributed by atoms with van der Waals surface area (Å²) in [5, 5.41) is 2.50. The number of nitrogens with one attached hydrogen (secondary N) is 1. The van der Waals surface area contributed by atoms with Crippen molar-refractivity contribution in [3.63, 3.8) is 0 Å². The van der Waals surface area contributed by atoms with Gasteiger partial charge in [0.2, 0.25) is 0 Å². The summed E-state index contributed by atoms with van der Waals surface area (Å²) >= 11 is -2.03. The van der Waals surface area contributed by atoms with Gasteiger partial charge in [-0.15, -0.1) is 0 Å². The molecule has 0 heterocycles. The molecule has 1 rings (SSSR count). The summed E-state index contributed by atoms with van der Waals surface area (Å²) < 4.78 is 7.38. The topological polar surface area (TPSA) is 55.4 Å². The van der Waals surface area contributed by atoms with Gasteiger partial charge in [0, 0.05) is 0 Å². The normalized spacial score (nSPS) is 11.0. The number of ketones is 1. The third-order valence-electron chi connectivity index (χ3n) is 2.14. The van der Waals surface area contributed by atoms with E-state index in [0.717, 1.165) is 0 Å². The first kappa shape index (κ1) is 17.3. The molecule has 1 aromatic rings. The number of amides is 1. The fraction of sp³-hybridized carbons (Fsp3) is 0.308. The van der Waals surface area contributed by atoms with Crippen molar-refractivity contribution in [2.75, 3.05) is 5.32 Å². The van der Waals surface area contributed by atoms with Gasteiger partial charge in [-0.3, -0.25) is 0 Å². The molecular weight excluding hydrogens is 390 g/mol. The van der Waals surface area contributed by atoms with Crippen molar-refractivity contribution in [1.82, 2.24) is 0 Å². The fourth-order valence-electron chi connectivity index (χ4n) is 1.37. The molecule has 0 aliphatic rings. The number of halogens is 2. The molecule has 0 fully saturated rings. The van der Waals surface area contributed by atoms with Crippen LogP contribution in [0.1, 0.15) is 26.3 Å². The first-order chi connectivity index (χ1) is 9.29. The van der Waals surface area contributed by atoms with E-state index in [1.165, 1.54) is 6.92 Å². The van der Waals surface area contributed by atoms with Crippen molar-refractivity contribution in [3.05, 3.63) is 23.8 Å². The molecule has 0 atom stereocenters. The molecule has 0 aliphatic carbocycles. The Labute approximate surface area is 130 Å². The van der Waals surface area contributed by atoms with Crippen LogP contribution < -0.4 is 10.1 Å². The minimum absolute atomic E-state index is 0.00566. The van der Waals surface area contributed by atoms with Crippen molar-refractivity contribution in [1.29, 1.82) is 0 Å². The van der Waals surface area contributed by atoms with Gasteiger partial charge in [-0.25, -0.2) is 0 Å².